The number of amides is 3. The van der Waals surface area contributed by atoms with Crippen molar-refractivity contribution in [2.45, 2.75) is 45.2 Å². The lowest BCUT2D eigenvalue weighted by atomic mass is 10.0. The Morgan fingerprint density at radius 1 is 1.22 bits per heavy atom. The minimum absolute atomic E-state index is 0.00254. The molecule has 0 aromatic heterocycles. The average Bonchev–Trinajstić information content (AvgIpc) is 3.04. The molecule has 0 bridgehead atoms. The number of hydrogen-bond acceptors (Lipinski definition) is 3. The van der Waals surface area contributed by atoms with E-state index in [1.165, 1.54) is 18.2 Å². The van der Waals surface area contributed by atoms with Crippen LogP contribution in [0.25, 0.3) is 0 Å². The summed E-state index contributed by atoms with van der Waals surface area (Å²) < 4.78 is 13.3. The minimum atomic E-state index is -0.426. The van der Waals surface area contributed by atoms with Crippen molar-refractivity contribution in [2.24, 2.45) is 5.92 Å². The van der Waals surface area contributed by atoms with Gasteiger partial charge in [0.05, 0.1) is 5.92 Å². The molecule has 1 unspecified atom stereocenters. The van der Waals surface area contributed by atoms with Gasteiger partial charge >= 0.3 is 0 Å². The van der Waals surface area contributed by atoms with Crippen LogP contribution in [-0.2, 0) is 9.59 Å². The molecule has 3 amide bonds. The van der Waals surface area contributed by atoms with Crippen molar-refractivity contribution in [3.8, 4) is 0 Å². The second-order valence-electron chi connectivity index (χ2n) is 7.63. The Morgan fingerprint density at radius 2 is 1.93 bits per heavy atom. The van der Waals surface area contributed by atoms with Crippen molar-refractivity contribution in [3.63, 3.8) is 0 Å². The number of piperidine rings is 1. The maximum atomic E-state index is 13.3. The number of carbonyl (C=O) groups excluding carboxylic acids is 3. The van der Waals surface area contributed by atoms with E-state index in [2.05, 4.69) is 5.32 Å². The summed E-state index contributed by atoms with van der Waals surface area (Å²) in [5, 5.41) is 3.03. The lowest BCUT2D eigenvalue weighted by Crippen LogP contribution is -2.48. The van der Waals surface area contributed by atoms with Gasteiger partial charge in [0.15, 0.2) is 0 Å². The summed E-state index contributed by atoms with van der Waals surface area (Å²) in [7, 11) is 0. The molecule has 6 nitrogen and oxygen atoms in total. The molecule has 2 fully saturated rings. The van der Waals surface area contributed by atoms with E-state index < -0.39 is 5.82 Å². The third kappa shape index (κ3) is 4.46. The Morgan fingerprint density at radius 3 is 2.52 bits per heavy atom. The molecule has 0 saturated carbocycles. The highest BCUT2D eigenvalue weighted by molar-refractivity contribution is 5.94. The van der Waals surface area contributed by atoms with Gasteiger partial charge in [0.1, 0.15) is 5.82 Å². The molecule has 1 atom stereocenters. The van der Waals surface area contributed by atoms with E-state index in [0.717, 1.165) is 0 Å². The van der Waals surface area contributed by atoms with Crippen LogP contribution in [-0.4, -0.2) is 59.2 Å². The monoisotopic (exact) mass is 375 g/mol. The molecule has 1 aromatic rings. The summed E-state index contributed by atoms with van der Waals surface area (Å²) in [4.78, 5) is 40.4. The second kappa shape index (κ2) is 8.06. The van der Waals surface area contributed by atoms with Gasteiger partial charge < -0.3 is 15.1 Å². The Balaban J connectivity index is 1.49. The lowest BCUT2D eigenvalue weighted by molar-refractivity contribution is -0.130. The van der Waals surface area contributed by atoms with Crippen LogP contribution in [0.15, 0.2) is 24.3 Å². The molecule has 1 aromatic carbocycles. The zero-order chi connectivity index (χ0) is 19.6. The van der Waals surface area contributed by atoms with E-state index >= 15 is 0 Å². The van der Waals surface area contributed by atoms with Gasteiger partial charge in [-0.3, -0.25) is 14.4 Å². The first-order valence-electron chi connectivity index (χ1n) is 9.50. The van der Waals surface area contributed by atoms with Crippen LogP contribution in [0, 0.1) is 11.7 Å². The largest absolute Gasteiger partial charge is 0.353 e. The molecule has 0 spiro atoms. The summed E-state index contributed by atoms with van der Waals surface area (Å²) in [6, 6.07) is 5.79. The number of nitrogens with zero attached hydrogens (tertiary/aromatic N) is 2. The van der Waals surface area contributed by atoms with Crippen LogP contribution in [0.4, 0.5) is 4.39 Å². The molecule has 2 heterocycles. The Kier molecular flexibility index (Phi) is 5.77. The van der Waals surface area contributed by atoms with E-state index in [1.54, 1.807) is 15.9 Å². The highest BCUT2D eigenvalue weighted by Gasteiger charge is 2.36. The summed E-state index contributed by atoms with van der Waals surface area (Å²) >= 11 is 0. The van der Waals surface area contributed by atoms with Crippen molar-refractivity contribution in [1.82, 2.24) is 15.1 Å². The Bertz CT molecular complexity index is 729. The fourth-order valence-corrected chi connectivity index (χ4v) is 3.76. The topological polar surface area (TPSA) is 69.7 Å². The van der Waals surface area contributed by atoms with E-state index in [0.29, 0.717) is 38.0 Å². The molecular weight excluding hydrogens is 349 g/mol. The van der Waals surface area contributed by atoms with Gasteiger partial charge in [-0.25, -0.2) is 4.39 Å². The zero-order valence-electron chi connectivity index (χ0n) is 15.8. The molecule has 146 valence electrons. The number of carbonyl (C=O) groups is 3. The molecular formula is C20H26FN3O3. The minimum Gasteiger partial charge on any atom is -0.353 e. The molecule has 27 heavy (non-hydrogen) atoms. The van der Waals surface area contributed by atoms with Crippen molar-refractivity contribution in [1.29, 1.82) is 0 Å². The average molecular weight is 375 g/mol. The maximum Gasteiger partial charge on any atom is 0.253 e. The van der Waals surface area contributed by atoms with Crippen LogP contribution in [0.5, 0.6) is 0 Å². The van der Waals surface area contributed by atoms with Crippen molar-refractivity contribution < 1.29 is 18.8 Å². The normalized spacial score (nSPS) is 21.0. The number of likely N-dealkylation sites (tertiary alicyclic amines) is 2. The molecule has 2 aliphatic heterocycles. The van der Waals surface area contributed by atoms with Crippen molar-refractivity contribution in [3.05, 3.63) is 35.6 Å². The molecule has 2 aliphatic rings. The van der Waals surface area contributed by atoms with Gasteiger partial charge in [0, 0.05) is 43.7 Å². The van der Waals surface area contributed by atoms with Crippen LogP contribution >= 0.6 is 0 Å². The smallest absolute Gasteiger partial charge is 0.253 e. The van der Waals surface area contributed by atoms with Crippen LogP contribution in [0.2, 0.25) is 0 Å². The number of halogens is 1. The van der Waals surface area contributed by atoms with Crippen LogP contribution in [0.1, 0.15) is 43.5 Å². The van der Waals surface area contributed by atoms with E-state index in [9.17, 15) is 18.8 Å². The Labute approximate surface area is 158 Å². The zero-order valence-corrected chi connectivity index (χ0v) is 15.8. The third-order valence-electron chi connectivity index (χ3n) is 5.35. The molecule has 1 N–H and O–H groups in total. The number of benzene rings is 1. The van der Waals surface area contributed by atoms with Crippen LogP contribution < -0.4 is 5.32 Å². The number of rotatable bonds is 4. The van der Waals surface area contributed by atoms with Gasteiger partial charge in [-0.1, -0.05) is 6.07 Å². The molecule has 3 rings (SSSR count). The Hall–Kier alpha value is -2.44. The van der Waals surface area contributed by atoms with Gasteiger partial charge in [0.25, 0.3) is 5.91 Å². The molecule has 7 heteroatoms. The molecule has 0 radical (unpaired) electrons. The first kappa shape index (κ1) is 19.3. The second-order valence-corrected chi connectivity index (χ2v) is 7.63. The molecule has 2 saturated heterocycles. The van der Waals surface area contributed by atoms with E-state index in [4.69, 9.17) is 0 Å². The quantitative estimate of drug-likeness (QED) is 0.873. The van der Waals surface area contributed by atoms with Gasteiger partial charge in [-0.15, -0.1) is 0 Å². The van der Waals surface area contributed by atoms with Gasteiger partial charge in [-0.05, 0) is 44.9 Å². The van der Waals surface area contributed by atoms with Crippen molar-refractivity contribution >= 4 is 17.7 Å². The van der Waals surface area contributed by atoms with Gasteiger partial charge in [-0.2, -0.15) is 0 Å². The first-order valence-corrected chi connectivity index (χ1v) is 9.50. The fraction of sp³-hybridized carbons (Fsp3) is 0.550. The third-order valence-corrected chi connectivity index (χ3v) is 5.35. The van der Waals surface area contributed by atoms with Crippen LogP contribution in [0.3, 0.4) is 0 Å². The SMILES string of the molecule is CC(C)N1CC(C(=O)NC2CCN(C(=O)c3cccc(F)c3)CC2)CC1=O. The summed E-state index contributed by atoms with van der Waals surface area (Å²) in [5.74, 6) is -0.966. The predicted octanol–water partition coefficient (Wildman–Crippen LogP) is 1.80. The van der Waals surface area contributed by atoms with E-state index in [-0.39, 0.29) is 42.1 Å². The highest BCUT2D eigenvalue weighted by atomic mass is 19.1. The van der Waals surface area contributed by atoms with E-state index in [1.807, 2.05) is 13.8 Å². The summed E-state index contributed by atoms with van der Waals surface area (Å²) in [6.45, 7) is 5.40. The summed E-state index contributed by atoms with van der Waals surface area (Å²) in [6.07, 6.45) is 1.57. The predicted molar refractivity (Wildman–Crippen MR) is 98.4 cm³/mol. The fourth-order valence-electron chi connectivity index (χ4n) is 3.76. The number of nitrogens with one attached hydrogen (secondary N) is 1. The standard InChI is InChI=1S/C20H26FN3O3/c1-13(2)24-12-15(11-18(24)25)19(26)22-17-6-8-23(9-7-17)20(27)14-4-3-5-16(21)10-14/h3-5,10,13,15,17H,6-9,11-12H2,1-2H3,(H,22,26). The maximum absolute atomic E-state index is 13.3. The molecule has 0 aliphatic carbocycles. The van der Waals surface area contributed by atoms with Crippen molar-refractivity contribution in [2.75, 3.05) is 19.6 Å². The lowest BCUT2D eigenvalue weighted by Gasteiger charge is -2.33. The highest BCUT2D eigenvalue weighted by Crippen LogP contribution is 2.21. The number of hydrogen-bond donors (Lipinski definition) is 1. The van der Waals surface area contributed by atoms with Gasteiger partial charge in [0.2, 0.25) is 11.8 Å². The first-order chi connectivity index (χ1) is 12.8. The summed E-state index contributed by atoms with van der Waals surface area (Å²) in [5.41, 5.74) is 0.343.